The molecule has 0 unspecified atom stereocenters. The standard InChI is InChI=1S/C15H15FN6O2S/c16-9-2-10-11(1-8(9)7(5-17)6-18)25-15(22-10)4-14(21)24-13(20)3-12(19)23/h1-2,5-6,17,20-21H,3-4,18H2,(H2,19,23)/b7-6+,17-5?,20-13?,21-14?. The molecule has 25 heavy (non-hydrogen) atoms. The molecule has 0 fully saturated rings. The second kappa shape index (κ2) is 7.62. The van der Waals surface area contributed by atoms with E-state index in [0.717, 1.165) is 12.4 Å². The molecule has 8 nitrogen and oxygen atoms in total. The van der Waals surface area contributed by atoms with Crippen LogP contribution in [0.5, 0.6) is 0 Å². The molecule has 0 bridgehead atoms. The Labute approximate surface area is 145 Å². The first kappa shape index (κ1) is 18.2. The van der Waals surface area contributed by atoms with Gasteiger partial charge in [0.25, 0.3) is 0 Å². The van der Waals surface area contributed by atoms with Crippen LogP contribution in [-0.4, -0.2) is 28.9 Å². The van der Waals surface area contributed by atoms with Crippen molar-refractivity contribution in [3.63, 3.8) is 0 Å². The highest BCUT2D eigenvalue weighted by Crippen LogP contribution is 2.28. The second-order valence-electron chi connectivity index (χ2n) is 4.94. The Bertz CT molecular complexity index is 905. The number of rotatable bonds is 6. The first-order chi connectivity index (χ1) is 11.8. The van der Waals surface area contributed by atoms with Crippen LogP contribution in [0.2, 0.25) is 0 Å². The van der Waals surface area contributed by atoms with Gasteiger partial charge >= 0.3 is 0 Å². The van der Waals surface area contributed by atoms with Gasteiger partial charge in [-0.1, -0.05) is 0 Å². The van der Waals surface area contributed by atoms with Crippen molar-refractivity contribution in [2.45, 2.75) is 12.8 Å². The number of hydrogen-bond donors (Lipinski definition) is 5. The van der Waals surface area contributed by atoms with E-state index in [0.29, 0.717) is 15.2 Å². The van der Waals surface area contributed by atoms with Crippen LogP contribution >= 0.6 is 11.3 Å². The van der Waals surface area contributed by atoms with Crippen LogP contribution in [0.4, 0.5) is 4.39 Å². The van der Waals surface area contributed by atoms with Gasteiger partial charge in [-0.3, -0.25) is 15.6 Å². The number of nitrogens with one attached hydrogen (secondary N) is 3. The zero-order valence-corrected chi connectivity index (χ0v) is 13.7. The molecular formula is C15H15FN6O2S. The molecule has 1 heterocycles. The van der Waals surface area contributed by atoms with Gasteiger partial charge in [-0.25, -0.2) is 9.37 Å². The molecule has 1 aromatic carbocycles. The van der Waals surface area contributed by atoms with Gasteiger partial charge in [-0.15, -0.1) is 11.3 Å². The average molecular weight is 362 g/mol. The summed E-state index contributed by atoms with van der Waals surface area (Å²) in [4.78, 5) is 14.9. The number of nitrogens with two attached hydrogens (primary N) is 2. The van der Waals surface area contributed by atoms with Crippen molar-refractivity contribution in [2.24, 2.45) is 11.5 Å². The summed E-state index contributed by atoms with van der Waals surface area (Å²) in [7, 11) is 0. The monoisotopic (exact) mass is 362 g/mol. The van der Waals surface area contributed by atoms with Gasteiger partial charge in [0.15, 0.2) is 11.8 Å². The van der Waals surface area contributed by atoms with Crippen molar-refractivity contribution in [2.75, 3.05) is 0 Å². The van der Waals surface area contributed by atoms with Gasteiger partial charge < -0.3 is 21.6 Å². The molecule has 10 heteroatoms. The Hall–Kier alpha value is -3.14. The summed E-state index contributed by atoms with van der Waals surface area (Å²) in [6.07, 6.45) is 1.70. The molecule has 0 aliphatic heterocycles. The highest BCUT2D eigenvalue weighted by atomic mass is 32.1. The third-order valence-electron chi connectivity index (χ3n) is 3.06. The molecule has 0 saturated heterocycles. The first-order valence-corrected chi connectivity index (χ1v) is 7.78. The fourth-order valence-electron chi connectivity index (χ4n) is 2.03. The molecule has 0 aliphatic rings. The Morgan fingerprint density at radius 1 is 1.36 bits per heavy atom. The highest BCUT2D eigenvalue weighted by Gasteiger charge is 2.14. The van der Waals surface area contributed by atoms with Crippen molar-refractivity contribution >= 4 is 51.0 Å². The average Bonchev–Trinajstić information content (AvgIpc) is 2.88. The van der Waals surface area contributed by atoms with Crippen molar-refractivity contribution in [1.82, 2.24) is 4.98 Å². The largest absolute Gasteiger partial charge is 0.429 e. The van der Waals surface area contributed by atoms with E-state index in [9.17, 15) is 9.18 Å². The predicted octanol–water partition coefficient (Wildman–Crippen LogP) is 1.77. The summed E-state index contributed by atoms with van der Waals surface area (Å²) in [6.45, 7) is 0. The van der Waals surface area contributed by atoms with Crippen LogP contribution in [0, 0.1) is 22.0 Å². The maximum absolute atomic E-state index is 14.1. The quantitative estimate of drug-likeness (QED) is 0.391. The topological polar surface area (TPSA) is 163 Å². The number of nitrogens with zero attached hydrogens (tertiary/aromatic N) is 1. The van der Waals surface area contributed by atoms with E-state index in [2.05, 4.69) is 4.98 Å². The number of halogens is 1. The number of carbonyl (C=O) groups is 1. The van der Waals surface area contributed by atoms with E-state index >= 15 is 0 Å². The van der Waals surface area contributed by atoms with Crippen LogP contribution < -0.4 is 11.5 Å². The number of benzene rings is 1. The number of allylic oxidation sites excluding steroid dienone is 1. The third kappa shape index (κ3) is 4.44. The van der Waals surface area contributed by atoms with Crippen LogP contribution in [0.1, 0.15) is 17.0 Å². The van der Waals surface area contributed by atoms with Crippen molar-refractivity contribution in [3.05, 3.63) is 34.7 Å². The molecule has 0 spiro atoms. The van der Waals surface area contributed by atoms with Crippen LogP contribution in [-0.2, 0) is 16.0 Å². The lowest BCUT2D eigenvalue weighted by Gasteiger charge is -2.04. The van der Waals surface area contributed by atoms with Crippen molar-refractivity contribution in [1.29, 1.82) is 16.2 Å². The molecule has 2 rings (SSSR count). The molecule has 7 N–H and O–H groups in total. The fraction of sp³-hybridized carbons (Fsp3) is 0.133. The van der Waals surface area contributed by atoms with E-state index in [-0.39, 0.29) is 23.5 Å². The van der Waals surface area contributed by atoms with Crippen molar-refractivity contribution < 1.29 is 13.9 Å². The Morgan fingerprint density at radius 3 is 2.68 bits per heavy atom. The molecule has 130 valence electrons. The van der Waals surface area contributed by atoms with E-state index in [1.165, 1.54) is 23.5 Å². The molecule has 1 aromatic heterocycles. The van der Waals surface area contributed by atoms with Crippen LogP contribution in [0.25, 0.3) is 15.8 Å². The summed E-state index contributed by atoms with van der Waals surface area (Å²) < 4.78 is 19.7. The lowest BCUT2D eigenvalue weighted by atomic mass is 10.1. The maximum Gasteiger partial charge on any atom is 0.226 e. The smallest absolute Gasteiger partial charge is 0.226 e. The Balaban J connectivity index is 2.21. The van der Waals surface area contributed by atoms with E-state index < -0.39 is 24.0 Å². The summed E-state index contributed by atoms with van der Waals surface area (Å²) >= 11 is 1.22. The minimum absolute atomic E-state index is 0.0123. The molecule has 0 atom stereocenters. The predicted molar refractivity (Wildman–Crippen MR) is 94.6 cm³/mol. The number of ether oxygens (including phenoxy) is 1. The lowest BCUT2D eigenvalue weighted by Crippen LogP contribution is -2.20. The first-order valence-electron chi connectivity index (χ1n) is 6.96. The molecule has 0 radical (unpaired) electrons. The van der Waals surface area contributed by atoms with Gasteiger partial charge in [0.1, 0.15) is 17.2 Å². The molecule has 0 saturated carbocycles. The third-order valence-corrected chi connectivity index (χ3v) is 4.08. The lowest BCUT2D eigenvalue weighted by molar-refractivity contribution is -0.117. The number of primary amides is 1. The number of carbonyl (C=O) groups excluding carboxylic acids is 1. The van der Waals surface area contributed by atoms with Crippen LogP contribution in [0.3, 0.4) is 0 Å². The summed E-state index contributed by atoms with van der Waals surface area (Å²) in [6, 6.07) is 2.77. The minimum atomic E-state index is -0.726. The Morgan fingerprint density at radius 2 is 2.08 bits per heavy atom. The normalized spacial score (nSPS) is 11.3. The van der Waals surface area contributed by atoms with Gasteiger partial charge in [0.2, 0.25) is 5.91 Å². The van der Waals surface area contributed by atoms with Gasteiger partial charge in [0, 0.05) is 29.6 Å². The number of aromatic nitrogens is 1. The molecule has 2 aromatic rings. The highest BCUT2D eigenvalue weighted by molar-refractivity contribution is 7.18. The number of amides is 1. The van der Waals surface area contributed by atoms with E-state index in [4.69, 9.17) is 32.4 Å². The molecule has 1 amide bonds. The molecule has 0 aliphatic carbocycles. The number of thiazole rings is 1. The minimum Gasteiger partial charge on any atom is -0.429 e. The zero-order valence-electron chi connectivity index (χ0n) is 12.9. The summed E-state index contributed by atoms with van der Waals surface area (Å²) in [5.74, 6) is -1.97. The summed E-state index contributed by atoms with van der Waals surface area (Å²) in [5.41, 5.74) is 11.2. The number of hydrogen-bond acceptors (Lipinski definition) is 8. The van der Waals surface area contributed by atoms with Crippen molar-refractivity contribution in [3.8, 4) is 0 Å². The fourth-order valence-corrected chi connectivity index (χ4v) is 3.01. The van der Waals surface area contributed by atoms with Gasteiger partial charge in [0.05, 0.1) is 16.6 Å². The number of fused-ring (bicyclic) bond motifs is 1. The Kier molecular flexibility index (Phi) is 5.55. The summed E-state index contributed by atoms with van der Waals surface area (Å²) in [5, 5.41) is 22.9. The maximum atomic E-state index is 14.1. The van der Waals surface area contributed by atoms with Gasteiger partial charge in [-0.05, 0) is 6.07 Å². The SMILES string of the molecule is N=C/C(=C\N)c1cc2sc(CC(=N)OC(=N)CC(N)=O)nc2cc1F. The van der Waals surface area contributed by atoms with E-state index in [1.54, 1.807) is 0 Å². The zero-order chi connectivity index (χ0) is 18.6. The van der Waals surface area contributed by atoms with Crippen LogP contribution in [0.15, 0.2) is 18.3 Å². The second-order valence-corrected chi connectivity index (χ2v) is 6.06. The van der Waals surface area contributed by atoms with Gasteiger partial charge in [-0.2, -0.15) is 0 Å². The van der Waals surface area contributed by atoms with E-state index in [1.807, 2.05) is 0 Å². The molecular weight excluding hydrogens is 347 g/mol.